The van der Waals surface area contributed by atoms with Crippen molar-refractivity contribution in [1.82, 2.24) is 0 Å². The van der Waals surface area contributed by atoms with Gasteiger partial charge in [0.2, 0.25) is 0 Å². The average Bonchev–Trinajstić information content (AvgIpc) is 2.17. The summed E-state index contributed by atoms with van der Waals surface area (Å²) < 4.78 is 3.31. The number of hydrogen-bond donors (Lipinski definition) is 2. The minimum absolute atomic E-state index is 1.17. The lowest BCUT2D eigenvalue weighted by atomic mass is 10.1. The van der Waals surface area contributed by atoms with E-state index in [1.807, 2.05) is 7.05 Å². The third-order valence-electron chi connectivity index (χ3n) is 2.05. The zero-order chi connectivity index (χ0) is 8.39. The standard InChI is InChI=1S/C9H12N2S/c1-10-8-3-2-7-4-5-12-11-9(7)6-8/h2-3,6,10-11H,4-5H2,1H3. The first-order chi connectivity index (χ1) is 5.90. The van der Waals surface area contributed by atoms with Crippen molar-refractivity contribution in [3.05, 3.63) is 23.8 Å². The van der Waals surface area contributed by atoms with Gasteiger partial charge >= 0.3 is 0 Å². The molecule has 0 spiro atoms. The van der Waals surface area contributed by atoms with Crippen molar-refractivity contribution in [2.24, 2.45) is 0 Å². The van der Waals surface area contributed by atoms with E-state index >= 15 is 0 Å². The van der Waals surface area contributed by atoms with Crippen molar-refractivity contribution in [2.75, 3.05) is 22.8 Å². The number of anilines is 2. The van der Waals surface area contributed by atoms with Gasteiger partial charge in [0.1, 0.15) is 0 Å². The van der Waals surface area contributed by atoms with E-state index in [1.165, 1.54) is 29.1 Å². The van der Waals surface area contributed by atoms with E-state index < -0.39 is 0 Å². The largest absolute Gasteiger partial charge is 0.388 e. The van der Waals surface area contributed by atoms with Crippen molar-refractivity contribution in [2.45, 2.75) is 6.42 Å². The van der Waals surface area contributed by atoms with Gasteiger partial charge in [0, 0.05) is 24.2 Å². The van der Waals surface area contributed by atoms with E-state index in [-0.39, 0.29) is 0 Å². The Balaban J connectivity index is 2.36. The van der Waals surface area contributed by atoms with Crippen LogP contribution >= 0.6 is 11.9 Å². The van der Waals surface area contributed by atoms with Gasteiger partial charge in [-0.1, -0.05) is 18.0 Å². The number of aryl methyl sites for hydroxylation is 1. The fourth-order valence-corrected chi connectivity index (χ4v) is 2.10. The molecule has 0 unspecified atom stereocenters. The fourth-order valence-electron chi connectivity index (χ4n) is 1.33. The Morgan fingerprint density at radius 2 is 2.42 bits per heavy atom. The highest BCUT2D eigenvalue weighted by Crippen LogP contribution is 2.28. The molecule has 0 fully saturated rings. The van der Waals surface area contributed by atoms with Gasteiger partial charge in [0.05, 0.1) is 0 Å². The summed E-state index contributed by atoms with van der Waals surface area (Å²) >= 11 is 1.78. The van der Waals surface area contributed by atoms with Crippen LogP contribution < -0.4 is 10.0 Å². The average molecular weight is 180 g/mol. The lowest BCUT2D eigenvalue weighted by molar-refractivity contribution is 1.15. The van der Waals surface area contributed by atoms with E-state index in [1.54, 1.807) is 11.9 Å². The molecule has 64 valence electrons. The second-order valence-corrected chi connectivity index (χ2v) is 3.72. The highest BCUT2D eigenvalue weighted by molar-refractivity contribution is 8.00. The molecule has 1 aliphatic rings. The molecule has 0 saturated heterocycles. The molecule has 0 aromatic heterocycles. The highest BCUT2D eigenvalue weighted by Gasteiger charge is 2.08. The lowest BCUT2D eigenvalue weighted by Gasteiger charge is -2.17. The maximum absolute atomic E-state index is 3.31. The van der Waals surface area contributed by atoms with Gasteiger partial charge in [-0.3, -0.25) is 0 Å². The van der Waals surface area contributed by atoms with Crippen LogP contribution in [0.2, 0.25) is 0 Å². The molecule has 1 aliphatic heterocycles. The molecule has 1 aromatic rings. The van der Waals surface area contributed by atoms with E-state index in [0.717, 1.165) is 0 Å². The summed E-state index contributed by atoms with van der Waals surface area (Å²) in [5.41, 5.74) is 3.86. The molecule has 0 radical (unpaired) electrons. The van der Waals surface area contributed by atoms with Crippen LogP contribution in [-0.2, 0) is 6.42 Å². The number of hydrogen-bond acceptors (Lipinski definition) is 3. The Morgan fingerprint density at radius 1 is 1.50 bits per heavy atom. The van der Waals surface area contributed by atoms with Crippen LogP contribution in [0.15, 0.2) is 18.2 Å². The van der Waals surface area contributed by atoms with Crippen LogP contribution in [0.5, 0.6) is 0 Å². The van der Waals surface area contributed by atoms with Crippen LogP contribution in [0.4, 0.5) is 11.4 Å². The van der Waals surface area contributed by atoms with Crippen molar-refractivity contribution in [3.63, 3.8) is 0 Å². The smallest absolute Gasteiger partial charge is 0.0493 e. The molecule has 3 heteroatoms. The molecule has 2 N–H and O–H groups in total. The summed E-state index contributed by atoms with van der Waals surface area (Å²) in [7, 11) is 1.94. The van der Waals surface area contributed by atoms with Gasteiger partial charge in [0.25, 0.3) is 0 Å². The van der Waals surface area contributed by atoms with E-state index in [2.05, 4.69) is 28.2 Å². The van der Waals surface area contributed by atoms with Crippen molar-refractivity contribution >= 4 is 23.3 Å². The van der Waals surface area contributed by atoms with E-state index in [4.69, 9.17) is 0 Å². The Labute approximate surface area is 76.9 Å². The van der Waals surface area contributed by atoms with Crippen molar-refractivity contribution < 1.29 is 0 Å². The maximum atomic E-state index is 3.31. The molecule has 0 bridgehead atoms. The van der Waals surface area contributed by atoms with Crippen LogP contribution in [-0.4, -0.2) is 12.8 Å². The molecule has 0 atom stereocenters. The highest BCUT2D eigenvalue weighted by atomic mass is 32.2. The second-order valence-electron chi connectivity index (χ2n) is 2.82. The molecule has 1 heterocycles. The van der Waals surface area contributed by atoms with Crippen LogP contribution in [0.25, 0.3) is 0 Å². The van der Waals surface area contributed by atoms with Gasteiger partial charge in [-0.25, -0.2) is 0 Å². The summed E-state index contributed by atoms with van der Waals surface area (Å²) in [4.78, 5) is 0. The third-order valence-corrected chi connectivity index (χ3v) is 2.83. The first kappa shape index (κ1) is 7.80. The predicted molar refractivity (Wildman–Crippen MR) is 55.8 cm³/mol. The molecule has 12 heavy (non-hydrogen) atoms. The molecular formula is C9H12N2S. The SMILES string of the molecule is CNc1ccc2c(c1)NSCC2. The van der Waals surface area contributed by atoms with Gasteiger partial charge < -0.3 is 10.0 Å². The fraction of sp³-hybridized carbons (Fsp3) is 0.333. The first-order valence-corrected chi connectivity index (χ1v) is 5.07. The first-order valence-electron chi connectivity index (χ1n) is 4.08. The normalized spacial score (nSPS) is 14.8. The van der Waals surface area contributed by atoms with Gasteiger partial charge in [-0.05, 0) is 24.1 Å². The topological polar surface area (TPSA) is 24.1 Å². The number of fused-ring (bicyclic) bond motifs is 1. The molecule has 2 nitrogen and oxygen atoms in total. The Hall–Kier alpha value is -0.830. The maximum Gasteiger partial charge on any atom is 0.0493 e. The van der Waals surface area contributed by atoms with Crippen molar-refractivity contribution in [1.29, 1.82) is 0 Å². The zero-order valence-electron chi connectivity index (χ0n) is 7.05. The molecule has 0 amide bonds. The molecule has 2 rings (SSSR count). The minimum atomic E-state index is 1.17. The number of benzene rings is 1. The summed E-state index contributed by atoms with van der Waals surface area (Å²) in [6, 6.07) is 6.46. The van der Waals surface area contributed by atoms with Crippen LogP contribution in [0.3, 0.4) is 0 Å². The van der Waals surface area contributed by atoms with Gasteiger partial charge in [0.15, 0.2) is 0 Å². The zero-order valence-corrected chi connectivity index (χ0v) is 7.87. The predicted octanol–water partition coefficient (Wildman–Crippen LogP) is 2.34. The summed E-state index contributed by atoms with van der Waals surface area (Å²) in [5, 5.41) is 3.13. The minimum Gasteiger partial charge on any atom is -0.388 e. The van der Waals surface area contributed by atoms with Crippen LogP contribution in [0, 0.1) is 0 Å². The Morgan fingerprint density at radius 3 is 3.25 bits per heavy atom. The van der Waals surface area contributed by atoms with Crippen LogP contribution in [0.1, 0.15) is 5.56 Å². The van der Waals surface area contributed by atoms with E-state index in [9.17, 15) is 0 Å². The monoisotopic (exact) mass is 180 g/mol. The van der Waals surface area contributed by atoms with E-state index in [0.29, 0.717) is 0 Å². The molecular weight excluding hydrogens is 168 g/mol. The number of nitrogens with one attached hydrogen (secondary N) is 2. The summed E-state index contributed by atoms with van der Waals surface area (Å²) in [5.74, 6) is 1.17. The van der Waals surface area contributed by atoms with Gasteiger partial charge in [-0.2, -0.15) is 0 Å². The van der Waals surface area contributed by atoms with Gasteiger partial charge in [-0.15, -0.1) is 0 Å². The molecule has 0 aliphatic carbocycles. The Kier molecular flexibility index (Phi) is 2.13. The lowest BCUT2D eigenvalue weighted by Crippen LogP contribution is -2.04. The molecule has 0 saturated carbocycles. The quantitative estimate of drug-likeness (QED) is 0.649. The summed E-state index contributed by atoms with van der Waals surface area (Å²) in [6.07, 6.45) is 1.18. The second kappa shape index (κ2) is 3.27. The molecule has 1 aromatic carbocycles. The summed E-state index contributed by atoms with van der Waals surface area (Å²) in [6.45, 7) is 0. The Bertz CT molecular complexity index is 286. The third kappa shape index (κ3) is 1.37. The number of rotatable bonds is 1. The van der Waals surface area contributed by atoms with Crippen molar-refractivity contribution in [3.8, 4) is 0 Å².